The minimum absolute atomic E-state index is 0.00746. The molecule has 0 radical (unpaired) electrons. The van der Waals surface area contributed by atoms with Crippen molar-refractivity contribution < 1.29 is 19.1 Å². The molecule has 1 aliphatic heterocycles. The van der Waals surface area contributed by atoms with Gasteiger partial charge in [0, 0.05) is 12.5 Å². The lowest BCUT2D eigenvalue weighted by atomic mass is 9.96. The molecule has 35 heavy (non-hydrogen) atoms. The van der Waals surface area contributed by atoms with E-state index in [-0.39, 0.29) is 24.3 Å². The van der Waals surface area contributed by atoms with Crippen molar-refractivity contribution in [3.63, 3.8) is 0 Å². The number of carbonyl (C=O) groups excluding carboxylic acids is 3. The van der Waals surface area contributed by atoms with Crippen LogP contribution in [0.2, 0.25) is 0 Å². The fourth-order valence-electron chi connectivity index (χ4n) is 5.20. The molecule has 4 atom stereocenters. The summed E-state index contributed by atoms with van der Waals surface area (Å²) >= 11 is 0. The Hall–Kier alpha value is -3.35. The number of fused-ring (bicyclic) bond motifs is 2. The van der Waals surface area contributed by atoms with E-state index in [9.17, 15) is 14.4 Å². The molecule has 1 saturated heterocycles. The third-order valence-electron chi connectivity index (χ3n) is 6.90. The quantitative estimate of drug-likeness (QED) is 0.657. The van der Waals surface area contributed by atoms with Crippen LogP contribution < -0.4 is 11.1 Å². The number of piperidine rings is 1. The van der Waals surface area contributed by atoms with E-state index in [0.717, 1.165) is 36.0 Å². The minimum Gasteiger partial charge on any atom is -0.444 e. The summed E-state index contributed by atoms with van der Waals surface area (Å²) in [4.78, 5) is 40.0. The van der Waals surface area contributed by atoms with Crippen molar-refractivity contribution in [3.05, 3.63) is 59.7 Å². The van der Waals surface area contributed by atoms with Gasteiger partial charge in [-0.2, -0.15) is 0 Å². The molecule has 1 heterocycles. The number of likely N-dealkylation sites (tertiary alicyclic amines) is 1. The third kappa shape index (κ3) is 5.66. The van der Waals surface area contributed by atoms with E-state index in [2.05, 4.69) is 36.5 Å². The molecule has 7 heteroatoms. The highest BCUT2D eigenvalue weighted by molar-refractivity contribution is 5.91. The lowest BCUT2D eigenvalue weighted by Crippen LogP contribution is -2.57. The first kappa shape index (κ1) is 24.8. The van der Waals surface area contributed by atoms with Crippen LogP contribution in [0.5, 0.6) is 0 Å². The van der Waals surface area contributed by atoms with Gasteiger partial charge in [0.25, 0.3) is 0 Å². The van der Waals surface area contributed by atoms with Crippen molar-refractivity contribution in [2.45, 2.75) is 77.1 Å². The SMILES string of the molecule is Cc1ccc(-c2ccc(CC(NC(=O)[C@@H]3[C@H]4CC[C@H](C4)N3C(=O)OC(C)(C)C)C(N)=O)cc2)cc1. The molecular weight excluding hydrogens is 442 g/mol. The summed E-state index contributed by atoms with van der Waals surface area (Å²) in [7, 11) is 0. The number of carbonyl (C=O) groups is 3. The van der Waals surface area contributed by atoms with Crippen LogP contribution in [-0.2, 0) is 20.7 Å². The molecule has 7 nitrogen and oxygen atoms in total. The predicted octanol–water partition coefficient (Wildman–Crippen LogP) is 3.96. The summed E-state index contributed by atoms with van der Waals surface area (Å²) < 4.78 is 5.57. The molecule has 2 fully saturated rings. The summed E-state index contributed by atoms with van der Waals surface area (Å²) in [6, 6.07) is 14.7. The fraction of sp³-hybridized carbons (Fsp3) is 0.464. The Morgan fingerprint density at radius 3 is 2.20 bits per heavy atom. The number of benzene rings is 2. The number of rotatable bonds is 6. The first-order chi connectivity index (χ1) is 16.5. The Balaban J connectivity index is 1.45. The van der Waals surface area contributed by atoms with Gasteiger partial charge in [-0.25, -0.2) is 4.79 Å². The zero-order valence-corrected chi connectivity index (χ0v) is 20.9. The van der Waals surface area contributed by atoms with Crippen LogP contribution in [0.3, 0.4) is 0 Å². The average molecular weight is 478 g/mol. The number of amides is 3. The highest BCUT2D eigenvalue weighted by Crippen LogP contribution is 2.43. The van der Waals surface area contributed by atoms with Crippen LogP contribution in [0.1, 0.15) is 51.2 Å². The van der Waals surface area contributed by atoms with E-state index < -0.39 is 29.7 Å². The van der Waals surface area contributed by atoms with Crippen LogP contribution in [0, 0.1) is 12.8 Å². The third-order valence-corrected chi connectivity index (χ3v) is 6.90. The zero-order chi connectivity index (χ0) is 25.3. The lowest BCUT2D eigenvalue weighted by molar-refractivity contribution is -0.132. The highest BCUT2D eigenvalue weighted by Gasteiger charge is 2.52. The molecular formula is C28H35N3O4. The van der Waals surface area contributed by atoms with Crippen LogP contribution in [-0.4, -0.2) is 46.5 Å². The maximum Gasteiger partial charge on any atom is 0.411 e. The van der Waals surface area contributed by atoms with Gasteiger partial charge in [0.2, 0.25) is 11.8 Å². The number of nitrogens with two attached hydrogens (primary N) is 1. The molecule has 2 bridgehead atoms. The van der Waals surface area contributed by atoms with Crippen LogP contribution in [0.25, 0.3) is 11.1 Å². The first-order valence-corrected chi connectivity index (χ1v) is 12.3. The number of ether oxygens (including phenoxy) is 1. The second-order valence-corrected chi connectivity index (χ2v) is 10.8. The van der Waals surface area contributed by atoms with Gasteiger partial charge in [0.1, 0.15) is 17.7 Å². The fourth-order valence-corrected chi connectivity index (χ4v) is 5.20. The Morgan fingerprint density at radius 2 is 1.63 bits per heavy atom. The number of nitrogens with one attached hydrogen (secondary N) is 1. The van der Waals surface area contributed by atoms with E-state index >= 15 is 0 Å². The molecule has 4 rings (SSSR count). The maximum atomic E-state index is 13.3. The average Bonchev–Trinajstić information content (AvgIpc) is 3.40. The summed E-state index contributed by atoms with van der Waals surface area (Å²) in [6.07, 6.45) is 2.32. The van der Waals surface area contributed by atoms with Crippen molar-refractivity contribution in [1.82, 2.24) is 10.2 Å². The minimum atomic E-state index is -0.868. The van der Waals surface area contributed by atoms with Gasteiger partial charge in [-0.15, -0.1) is 0 Å². The predicted molar refractivity (Wildman–Crippen MR) is 134 cm³/mol. The van der Waals surface area contributed by atoms with E-state index in [1.807, 2.05) is 45.0 Å². The van der Waals surface area contributed by atoms with Crippen LogP contribution >= 0.6 is 0 Å². The van der Waals surface area contributed by atoms with Crippen molar-refractivity contribution in [2.75, 3.05) is 0 Å². The van der Waals surface area contributed by atoms with Crippen molar-refractivity contribution >= 4 is 17.9 Å². The second-order valence-electron chi connectivity index (χ2n) is 10.8. The van der Waals surface area contributed by atoms with Crippen molar-refractivity contribution in [3.8, 4) is 11.1 Å². The summed E-state index contributed by atoms with van der Waals surface area (Å²) in [5.74, 6) is -0.883. The maximum absolute atomic E-state index is 13.3. The van der Waals surface area contributed by atoms with E-state index in [4.69, 9.17) is 10.5 Å². The number of hydrogen-bond acceptors (Lipinski definition) is 4. The number of hydrogen-bond donors (Lipinski definition) is 2. The Morgan fingerprint density at radius 1 is 1.03 bits per heavy atom. The number of primary amides is 1. The standard InChI is InChI=1S/C28H35N3O4/c1-17-5-9-19(10-6-17)20-11-7-18(8-12-20)15-23(25(29)32)30-26(33)24-21-13-14-22(16-21)31(24)27(34)35-28(2,3)4/h5-12,21-24H,13-16H2,1-4H3,(H2,29,32)(H,30,33)/t21-,22+,23?,24-/m0/s1. The Labute approximate surface area is 207 Å². The van der Waals surface area contributed by atoms with Crippen molar-refractivity contribution in [2.24, 2.45) is 11.7 Å². The first-order valence-electron chi connectivity index (χ1n) is 12.3. The molecule has 2 aliphatic rings. The lowest BCUT2D eigenvalue weighted by Gasteiger charge is -2.36. The molecule has 2 aromatic carbocycles. The molecule has 1 aliphatic carbocycles. The summed E-state index contributed by atoms with van der Waals surface area (Å²) in [6.45, 7) is 7.47. The summed E-state index contributed by atoms with van der Waals surface area (Å²) in [5.41, 5.74) is 9.28. The zero-order valence-electron chi connectivity index (χ0n) is 20.9. The van der Waals surface area contributed by atoms with Crippen LogP contribution in [0.4, 0.5) is 4.79 Å². The molecule has 0 aromatic heterocycles. The molecule has 3 N–H and O–H groups in total. The molecule has 1 saturated carbocycles. The van der Waals surface area contributed by atoms with Gasteiger partial charge in [0.15, 0.2) is 0 Å². The largest absolute Gasteiger partial charge is 0.444 e. The van der Waals surface area contributed by atoms with Crippen molar-refractivity contribution in [1.29, 1.82) is 0 Å². The molecule has 0 spiro atoms. The van der Waals surface area contributed by atoms with E-state index in [1.54, 1.807) is 4.90 Å². The molecule has 2 aromatic rings. The Kier molecular flexibility index (Phi) is 6.88. The normalized spacial score (nSPS) is 22.1. The summed E-state index contributed by atoms with van der Waals surface area (Å²) in [5, 5.41) is 2.83. The highest BCUT2D eigenvalue weighted by atomic mass is 16.6. The number of nitrogens with zero attached hydrogens (tertiary/aromatic N) is 1. The molecule has 3 amide bonds. The second kappa shape index (κ2) is 9.72. The molecule has 1 unspecified atom stereocenters. The number of aryl methyl sites for hydroxylation is 1. The van der Waals surface area contributed by atoms with Crippen LogP contribution in [0.15, 0.2) is 48.5 Å². The monoisotopic (exact) mass is 477 g/mol. The van der Waals surface area contributed by atoms with E-state index in [1.165, 1.54) is 5.56 Å². The van der Waals surface area contributed by atoms with Gasteiger partial charge >= 0.3 is 6.09 Å². The van der Waals surface area contributed by atoms with Gasteiger partial charge in [-0.05, 0) is 69.6 Å². The topological polar surface area (TPSA) is 102 Å². The Bertz CT molecular complexity index is 1090. The molecule has 186 valence electrons. The van der Waals surface area contributed by atoms with Gasteiger partial charge < -0.3 is 15.8 Å². The van der Waals surface area contributed by atoms with Gasteiger partial charge in [-0.1, -0.05) is 54.1 Å². The van der Waals surface area contributed by atoms with Gasteiger partial charge in [0.05, 0.1) is 0 Å². The smallest absolute Gasteiger partial charge is 0.411 e. The van der Waals surface area contributed by atoms with Gasteiger partial charge in [-0.3, -0.25) is 14.5 Å². The van der Waals surface area contributed by atoms with E-state index in [0.29, 0.717) is 0 Å².